The maximum Gasteiger partial charge on any atom is 0.270 e. The Bertz CT molecular complexity index is 798. The minimum atomic E-state index is -3.93. The Morgan fingerprint density at radius 1 is 1.00 bits per heavy atom. The highest BCUT2D eigenvalue weighted by molar-refractivity contribution is 7.93. The van der Waals surface area contributed by atoms with Gasteiger partial charge in [-0.2, -0.15) is 0 Å². The van der Waals surface area contributed by atoms with Gasteiger partial charge in [-0.05, 0) is 49.6 Å². The highest BCUT2D eigenvalue weighted by Gasteiger charge is 2.31. The first-order chi connectivity index (χ1) is 10.9. The molecular formula is C18H21NO3S. The third-order valence-electron chi connectivity index (χ3n) is 3.77. The summed E-state index contributed by atoms with van der Waals surface area (Å²) in [5, 5.41) is 0. The molecule has 0 radical (unpaired) electrons. The van der Waals surface area contributed by atoms with E-state index in [0.717, 1.165) is 15.4 Å². The number of anilines is 1. The number of carbonyl (C=O) groups is 1. The van der Waals surface area contributed by atoms with Crippen LogP contribution in [0.3, 0.4) is 0 Å². The van der Waals surface area contributed by atoms with Gasteiger partial charge < -0.3 is 0 Å². The fraction of sp³-hybridized carbons (Fsp3) is 0.278. The zero-order valence-electron chi connectivity index (χ0n) is 13.6. The van der Waals surface area contributed by atoms with Gasteiger partial charge in [0.1, 0.15) is 0 Å². The van der Waals surface area contributed by atoms with Gasteiger partial charge in [0.15, 0.2) is 0 Å². The van der Waals surface area contributed by atoms with Crippen molar-refractivity contribution in [2.45, 2.75) is 38.5 Å². The van der Waals surface area contributed by atoms with Crippen molar-refractivity contribution < 1.29 is 13.2 Å². The van der Waals surface area contributed by atoms with E-state index in [4.69, 9.17) is 0 Å². The van der Waals surface area contributed by atoms with Gasteiger partial charge in [0.25, 0.3) is 10.0 Å². The van der Waals surface area contributed by atoms with Crippen LogP contribution in [0.4, 0.5) is 5.69 Å². The van der Waals surface area contributed by atoms with Crippen LogP contribution in [0.5, 0.6) is 0 Å². The lowest BCUT2D eigenvalue weighted by Gasteiger charge is -2.25. The molecule has 0 bridgehead atoms. The molecule has 0 fully saturated rings. The molecule has 0 N–H and O–H groups in total. The van der Waals surface area contributed by atoms with Crippen LogP contribution in [0.25, 0.3) is 0 Å². The molecule has 0 aliphatic heterocycles. The van der Waals surface area contributed by atoms with Crippen molar-refractivity contribution in [2.24, 2.45) is 0 Å². The van der Waals surface area contributed by atoms with Crippen molar-refractivity contribution in [2.75, 3.05) is 4.31 Å². The summed E-state index contributed by atoms with van der Waals surface area (Å²) in [6, 6.07) is 13.4. The number of sulfonamides is 1. The van der Waals surface area contributed by atoms with Crippen LogP contribution in [0.1, 0.15) is 30.9 Å². The topological polar surface area (TPSA) is 54.5 Å². The Balaban J connectivity index is 2.64. The minimum absolute atomic E-state index is 0.116. The zero-order valence-corrected chi connectivity index (χ0v) is 14.4. The van der Waals surface area contributed by atoms with Gasteiger partial charge in [-0.3, -0.25) is 4.79 Å². The van der Waals surface area contributed by atoms with Crippen LogP contribution in [-0.4, -0.2) is 14.3 Å². The fourth-order valence-electron chi connectivity index (χ4n) is 2.37. The molecule has 0 aromatic heterocycles. The fourth-order valence-corrected chi connectivity index (χ4v) is 3.89. The molecule has 122 valence electrons. The number of rotatable bonds is 5. The summed E-state index contributed by atoms with van der Waals surface area (Å²) in [5.41, 5.74) is 2.16. The normalized spacial score (nSPS) is 11.3. The quantitative estimate of drug-likeness (QED) is 0.837. The maximum atomic E-state index is 13.0. The summed E-state index contributed by atoms with van der Waals surface area (Å²) in [4.78, 5) is 12.7. The lowest BCUT2D eigenvalue weighted by molar-refractivity contribution is -0.117. The highest BCUT2D eigenvalue weighted by Crippen LogP contribution is 2.29. The second-order valence-corrected chi connectivity index (χ2v) is 7.23. The predicted molar refractivity (Wildman–Crippen MR) is 91.9 cm³/mol. The first kappa shape index (κ1) is 17.2. The van der Waals surface area contributed by atoms with Gasteiger partial charge in [0.05, 0.1) is 10.6 Å². The summed E-state index contributed by atoms with van der Waals surface area (Å²) >= 11 is 0. The number of benzene rings is 2. The molecule has 2 rings (SSSR count). The summed E-state index contributed by atoms with van der Waals surface area (Å²) in [7, 11) is -3.93. The monoisotopic (exact) mass is 331 g/mol. The number of aryl methyl sites for hydroxylation is 1. The van der Waals surface area contributed by atoms with E-state index in [2.05, 4.69) is 0 Å². The van der Waals surface area contributed by atoms with Crippen LogP contribution in [0.15, 0.2) is 53.4 Å². The molecule has 0 unspecified atom stereocenters. The second kappa shape index (κ2) is 6.96. The van der Waals surface area contributed by atoms with E-state index in [9.17, 15) is 13.2 Å². The van der Waals surface area contributed by atoms with Gasteiger partial charge in [0.2, 0.25) is 5.91 Å². The summed E-state index contributed by atoms with van der Waals surface area (Å²) in [5.74, 6) is -0.412. The molecule has 2 aromatic carbocycles. The van der Waals surface area contributed by atoms with Crippen LogP contribution >= 0.6 is 0 Å². The maximum absolute atomic E-state index is 13.0. The number of hydrogen-bond acceptors (Lipinski definition) is 3. The minimum Gasteiger partial charge on any atom is -0.273 e. The predicted octanol–water partition coefficient (Wildman–Crippen LogP) is 3.83. The largest absolute Gasteiger partial charge is 0.273 e. The van der Waals surface area contributed by atoms with Gasteiger partial charge in [0, 0.05) is 6.42 Å². The third-order valence-corrected chi connectivity index (χ3v) is 5.52. The van der Waals surface area contributed by atoms with Crippen LogP contribution in [0.2, 0.25) is 0 Å². The van der Waals surface area contributed by atoms with E-state index in [1.165, 1.54) is 12.1 Å². The smallest absolute Gasteiger partial charge is 0.270 e. The van der Waals surface area contributed by atoms with Crippen molar-refractivity contribution in [3.63, 3.8) is 0 Å². The first-order valence-electron chi connectivity index (χ1n) is 7.59. The lowest BCUT2D eigenvalue weighted by Crippen LogP contribution is -2.37. The summed E-state index contributed by atoms with van der Waals surface area (Å²) < 4.78 is 27.0. The van der Waals surface area contributed by atoms with Crippen molar-refractivity contribution in [1.82, 2.24) is 0 Å². The van der Waals surface area contributed by atoms with Crippen molar-refractivity contribution in [3.8, 4) is 0 Å². The van der Waals surface area contributed by atoms with Crippen LogP contribution < -0.4 is 4.31 Å². The molecule has 5 heteroatoms. The summed E-state index contributed by atoms with van der Waals surface area (Å²) in [6.07, 6.45) is 0.768. The SMILES string of the molecule is CCCC(=O)N(c1cccc(C)c1C)S(=O)(=O)c1ccccc1. The number of carbonyl (C=O) groups excluding carboxylic acids is 1. The number of amides is 1. The molecule has 2 aromatic rings. The van der Waals surface area contributed by atoms with Crippen molar-refractivity contribution in [1.29, 1.82) is 0 Å². The molecule has 23 heavy (non-hydrogen) atoms. The number of hydrogen-bond donors (Lipinski definition) is 0. The van der Waals surface area contributed by atoms with Crippen molar-refractivity contribution in [3.05, 3.63) is 59.7 Å². The van der Waals surface area contributed by atoms with Crippen LogP contribution in [0, 0.1) is 13.8 Å². The Kier molecular flexibility index (Phi) is 5.21. The zero-order chi connectivity index (χ0) is 17.0. The molecular weight excluding hydrogens is 310 g/mol. The lowest BCUT2D eigenvalue weighted by atomic mass is 10.1. The molecule has 4 nitrogen and oxygen atoms in total. The molecule has 0 aliphatic carbocycles. The van der Waals surface area contributed by atoms with E-state index in [1.807, 2.05) is 26.8 Å². The van der Waals surface area contributed by atoms with E-state index in [0.29, 0.717) is 12.1 Å². The van der Waals surface area contributed by atoms with Gasteiger partial charge in [-0.1, -0.05) is 37.3 Å². The molecule has 0 saturated carbocycles. The Morgan fingerprint density at radius 3 is 2.26 bits per heavy atom. The summed E-state index contributed by atoms with van der Waals surface area (Å²) in [6.45, 7) is 5.59. The van der Waals surface area contributed by atoms with Gasteiger partial charge in [-0.25, -0.2) is 12.7 Å². The molecule has 0 heterocycles. The standard InChI is InChI=1S/C18H21NO3S/c1-4-9-18(20)19(17-13-8-10-14(2)15(17)3)23(21,22)16-11-6-5-7-12-16/h5-8,10-13H,4,9H2,1-3H3. The molecule has 0 spiro atoms. The van der Waals surface area contributed by atoms with Crippen LogP contribution in [-0.2, 0) is 14.8 Å². The van der Waals surface area contributed by atoms with E-state index in [-0.39, 0.29) is 11.3 Å². The molecule has 1 amide bonds. The average Bonchev–Trinajstić information content (AvgIpc) is 2.53. The van der Waals surface area contributed by atoms with E-state index >= 15 is 0 Å². The highest BCUT2D eigenvalue weighted by atomic mass is 32.2. The molecule has 0 aliphatic rings. The van der Waals surface area contributed by atoms with Crippen molar-refractivity contribution >= 4 is 21.6 Å². The Labute approximate surface area is 137 Å². The average molecular weight is 331 g/mol. The van der Waals surface area contributed by atoms with E-state index < -0.39 is 15.9 Å². The molecule has 0 saturated heterocycles. The molecule has 0 atom stereocenters. The first-order valence-corrected chi connectivity index (χ1v) is 9.03. The number of nitrogens with zero attached hydrogens (tertiary/aromatic N) is 1. The Hall–Kier alpha value is -2.14. The Morgan fingerprint density at radius 2 is 1.65 bits per heavy atom. The second-order valence-electron chi connectivity index (χ2n) is 5.45. The third kappa shape index (κ3) is 3.45. The van der Waals surface area contributed by atoms with E-state index in [1.54, 1.807) is 30.3 Å². The van der Waals surface area contributed by atoms with Gasteiger partial charge in [-0.15, -0.1) is 0 Å². The van der Waals surface area contributed by atoms with Gasteiger partial charge >= 0.3 is 0 Å².